The number of methoxy groups -OCH3 is 1. The Morgan fingerprint density at radius 3 is 2.79 bits per heavy atom. The summed E-state index contributed by atoms with van der Waals surface area (Å²) in [6.07, 6.45) is 1.45. The van der Waals surface area contributed by atoms with Gasteiger partial charge in [0.15, 0.2) is 0 Å². The first-order valence-corrected chi connectivity index (χ1v) is 6.71. The molecule has 0 heterocycles. The number of ether oxygens (including phenoxy) is 1. The average molecular weight is 264 g/mol. The monoisotopic (exact) mass is 264 g/mol. The van der Waals surface area contributed by atoms with Crippen molar-refractivity contribution in [2.45, 2.75) is 26.7 Å². The van der Waals surface area contributed by atoms with E-state index in [0.29, 0.717) is 13.0 Å². The number of nitrogens with one attached hydrogen (secondary N) is 2. The maximum atomic E-state index is 11.8. The van der Waals surface area contributed by atoms with Gasteiger partial charge in [0.25, 0.3) is 0 Å². The lowest BCUT2D eigenvalue weighted by Crippen LogP contribution is -2.23. The molecule has 0 radical (unpaired) electrons. The van der Waals surface area contributed by atoms with Crippen molar-refractivity contribution in [3.05, 3.63) is 29.3 Å². The Balaban J connectivity index is 2.26. The number of aryl methyl sites for hydroxylation is 1. The van der Waals surface area contributed by atoms with Gasteiger partial charge in [-0.2, -0.15) is 0 Å². The predicted molar refractivity (Wildman–Crippen MR) is 78.5 cm³/mol. The van der Waals surface area contributed by atoms with Crippen molar-refractivity contribution in [3.63, 3.8) is 0 Å². The molecule has 0 spiro atoms. The van der Waals surface area contributed by atoms with Crippen molar-refractivity contribution in [3.8, 4) is 0 Å². The van der Waals surface area contributed by atoms with Crippen LogP contribution in [0.3, 0.4) is 0 Å². The quantitative estimate of drug-likeness (QED) is 0.708. The summed E-state index contributed by atoms with van der Waals surface area (Å²) in [4.78, 5) is 11.8. The van der Waals surface area contributed by atoms with Crippen LogP contribution >= 0.6 is 0 Å². The van der Waals surface area contributed by atoms with E-state index in [1.54, 1.807) is 7.11 Å². The molecule has 0 bridgehead atoms. The zero-order valence-corrected chi connectivity index (χ0v) is 12.1. The summed E-state index contributed by atoms with van der Waals surface area (Å²) in [7, 11) is 1.69. The largest absolute Gasteiger partial charge is 0.385 e. The van der Waals surface area contributed by atoms with Crippen LogP contribution in [0.25, 0.3) is 0 Å². The minimum Gasteiger partial charge on any atom is -0.385 e. The third-order valence-electron chi connectivity index (χ3n) is 3.11. The van der Waals surface area contributed by atoms with Crippen LogP contribution in [-0.4, -0.2) is 32.7 Å². The van der Waals surface area contributed by atoms with Crippen molar-refractivity contribution >= 4 is 11.6 Å². The molecule has 1 amide bonds. The van der Waals surface area contributed by atoms with Crippen LogP contribution in [0.15, 0.2) is 18.2 Å². The standard InChI is InChI=1S/C15H24N2O2/c1-12-6-4-7-14(13(12)2)17-15(18)8-10-16-9-5-11-19-3/h4,6-7,16H,5,8-11H2,1-3H3,(H,17,18). The Hall–Kier alpha value is -1.39. The molecule has 0 atom stereocenters. The molecular formula is C15H24N2O2. The molecule has 19 heavy (non-hydrogen) atoms. The van der Waals surface area contributed by atoms with Gasteiger partial charge in [0.2, 0.25) is 5.91 Å². The van der Waals surface area contributed by atoms with Gasteiger partial charge in [0.1, 0.15) is 0 Å². The van der Waals surface area contributed by atoms with Gasteiger partial charge in [-0.3, -0.25) is 4.79 Å². The van der Waals surface area contributed by atoms with E-state index in [4.69, 9.17) is 4.74 Å². The summed E-state index contributed by atoms with van der Waals surface area (Å²) < 4.78 is 4.95. The van der Waals surface area contributed by atoms with E-state index >= 15 is 0 Å². The molecule has 2 N–H and O–H groups in total. The van der Waals surface area contributed by atoms with E-state index in [0.717, 1.165) is 30.8 Å². The number of amides is 1. The molecule has 106 valence electrons. The Morgan fingerprint density at radius 2 is 2.05 bits per heavy atom. The fraction of sp³-hybridized carbons (Fsp3) is 0.533. The number of carbonyl (C=O) groups is 1. The van der Waals surface area contributed by atoms with Crippen LogP contribution in [0.2, 0.25) is 0 Å². The molecule has 0 aliphatic rings. The second kappa shape index (κ2) is 8.67. The fourth-order valence-electron chi connectivity index (χ4n) is 1.77. The molecule has 1 aromatic carbocycles. The van der Waals surface area contributed by atoms with Gasteiger partial charge in [-0.1, -0.05) is 12.1 Å². The minimum atomic E-state index is 0.0490. The number of hydrogen-bond donors (Lipinski definition) is 2. The lowest BCUT2D eigenvalue weighted by atomic mass is 10.1. The van der Waals surface area contributed by atoms with Crippen LogP contribution < -0.4 is 10.6 Å². The number of anilines is 1. The molecule has 0 aliphatic carbocycles. The van der Waals surface area contributed by atoms with Gasteiger partial charge < -0.3 is 15.4 Å². The summed E-state index contributed by atoms with van der Waals surface area (Å²) in [5, 5.41) is 6.17. The highest BCUT2D eigenvalue weighted by Gasteiger charge is 2.05. The number of carbonyl (C=O) groups excluding carboxylic acids is 1. The summed E-state index contributed by atoms with van der Waals surface area (Å²) in [6.45, 7) is 6.39. The predicted octanol–water partition coefficient (Wildman–Crippen LogP) is 2.26. The highest BCUT2D eigenvalue weighted by Crippen LogP contribution is 2.17. The maximum Gasteiger partial charge on any atom is 0.225 e. The van der Waals surface area contributed by atoms with E-state index < -0.39 is 0 Å². The fourth-order valence-corrected chi connectivity index (χ4v) is 1.77. The van der Waals surface area contributed by atoms with E-state index in [9.17, 15) is 4.79 Å². The topological polar surface area (TPSA) is 50.4 Å². The molecule has 0 unspecified atom stereocenters. The summed E-state index contributed by atoms with van der Waals surface area (Å²) in [6, 6.07) is 5.94. The van der Waals surface area contributed by atoms with E-state index in [2.05, 4.69) is 10.6 Å². The highest BCUT2D eigenvalue weighted by atomic mass is 16.5. The lowest BCUT2D eigenvalue weighted by Gasteiger charge is -2.10. The van der Waals surface area contributed by atoms with Gasteiger partial charge in [-0.05, 0) is 44.0 Å². The first kappa shape index (κ1) is 15.7. The maximum absolute atomic E-state index is 11.8. The Kier molecular flexibility index (Phi) is 7.15. The van der Waals surface area contributed by atoms with Gasteiger partial charge in [-0.25, -0.2) is 0 Å². The summed E-state index contributed by atoms with van der Waals surface area (Å²) in [5.74, 6) is 0.0490. The second-order valence-electron chi connectivity index (χ2n) is 4.64. The molecule has 0 aliphatic heterocycles. The molecule has 4 heteroatoms. The Labute approximate surface area is 115 Å². The van der Waals surface area contributed by atoms with Crippen LogP contribution in [0, 0.1) is 13.8 Å². The second-order valence-corrected chi connectivity index (χ2v) is 4.64. The van der Waals surface area contributed by atoms with Crippen LogP contribution in [0.1, 0.15) is 24.0 Å². The number of benzene rings is 1. The van der Waals surface area contributed by atoms with E-state index in [1.165, 1.54) is 5.56 Å². The molecule has 4 nitrogen and oxygen atoms in total. The molecule has 0 saturated heterocycles. The minimum absolute atomic E-state index is 0.0490. The first-order chi connectivity index (χ1) is 9.15. The van der Waals surface area contributed by atoms with E-state index in [-0.39, 0.29) is 5.91 Å². The molecular weight excluding hydrogens is 240 g/mol. The van der Waals surface area contributed by atoms with Crippen molar-refractivity contribution in [2.75, 3.05) is 32.1 Å². The highest BCUT2D eigenvalue weighted by molar-refractivity contribution is 5.91. The van der Waals surface area contributed by atoms with Crippen molar-refractivity contribution in [2.24, 2.45) is 0 Å². The summed E-state index contributed by atoms with van der Waals surface area (Å²) >= 11 is 0. The smallest absolute Gasteiger partial charge is 0.225 e. The van der Waals surface area contributed by atoms with Crippen molar-refractivity contribution in [1.82, 2.24) is 5.32 Å². The van der Waals surface area contributed by atoms with E-state index in [1.807, 2.05) is 32.0 Å². The Bertz CT molecular complexity index is 405. The zero-order valence-electron chi connectivity index (χ0n) is 12.1. The number of rotatable bonds is 8. The normalized spacial score (nSPS) is 10.5. The SMILES string of the molecule is COCCCNCCC(=O)Nc1cccc(C)c1C. The van der Waals surface area contributed by atoms with Crippen molar-refractivity contribution in [1.29, 1.82) is 0 Å². The van der Waals surface area contributed by atoms with Gasteiger partial charge in [0, 0.05) is 32.4 Å². The number of hydrogen-bond acceptors (Lipinski definition) is 3. The van der Waals surface area contributed by atoms with Crippen LogP contribution in [-0.2, 0) is 9.53 Å². The third-order valence-corrected chi connectivity index (χ3v) is 3.11. The van der Waals surface area contributed by atoms with Gasteiger partial charge in [-0.15, -0.1) is 0 Å². The van der Waals surface area contributed by atoms with Gasteiger partial charge in [0.05, 0.1) is 0 Å². The van der Waals surface area contributed by atoms with Crippen molar-refractivity contribution < 1.29 is 9.53 Å². The molecule has 1 aromatic rings. The van der Waals surface area contributed by atoms with Crippen LogP contribution in [0.5, 0.6) is 0 Å². The first-order valence-electron chi connectivity index (χ1n) is 6.71. The van der Waals surface area contributed by atoms with Gasteiger partial charge >= 0.3 is 0 Å². The molecule has 0 aromatic heterocycles. The lowest BCUT2D eigenvalue weighted by molar-refractivity contribution is -0.116. The average Bonchev–Trinajstić information content (AvgIpc) is 2.39. The Morgan fingerprint density at radius 1 is 1.26 bits per heavy atom. The summed E-state index contributed by atoms with van der Waals surface area (Å²) in [5.41, 5.74) is 3.23. The molecule has 0 fully saturated rings. The molecule has 1 rings (SSSR count). The van der Waals surface area contributed by atoms with Crippen LogP contribution in [0.4, 0.5) is 5.69 Å². The zero-order chi connectivity index (χ0) is 14.1. The third kappa shape index (κ3) is 5.85. The molecule has 0 saturated carbocycles.